The zero-order valence-electron chi connectivity index (χ0n) is 7.04. The van der Waals surface area contributed by atoms with Gasteiger partial charge in [-0.15, -0.1) is 11.3 Å². The van der Waals surface area contributed by atoms with Crippen molar-refractivity contribution in [3.63, 3.8) is 0 Å². The fourth-order valence-electron chi connectivity index (χ4n) is 1.02. The molecule has 1 N–H and O–H groups in total. The number of thiophene rings is 1. The number of aromatic carboxylic acids is 1. The number of rotatable bonds is 2. The van der Waals surface area contributed by atoms with E-state index in [1.54, 1.807) is 30.7 Å². The minimum Gasteiger partial charge on any atom is -0.477 e. The number of carboxylic acids is 1. The topological polar surface area (TPSA) is 63.1 Å². The average molecular weight is 206 g/mol. The van der Waals surface area contributed by atoms with Gasteiger partial charge in [-0.2, -0.15) is 0 Å². The maximum atomic E-state index is 10.6. The molecule has 0 amide bonds. The lowest BCUT2D eigenvalue weighted by Gasteiger charge is -1.92. The van der Waals surface area contributed by atoms with Gasteiger partial charge in [0.25, 0.3) is 0 Å². The molecule has 0 aromatic carbocycles. The summed E-state index contributed by atoms with van der Waals surface area (Å²) in [5, 5.41) is 8.72. The van der Waals surface area contributed by atoms with Gasteiger partial charge in [0.05, 0.1) is 16.8 Å². The molecule has 0 saturated carbocycles. The van der Waals surface area contributed by atoms with Gasteiger partial charge in [-0.05, 0) is 12.1 Å². The zero-order valence-corrected chi connectivity index (χ0v) is 7.86. The second-order valence-electron chi connectivity index (χ2n) is 2.56. The van der Waals surface area contributed by atoms with Crippen molar-refractivity contribution >= 4 is 17.3 Å². The van der Waals surface area contributed by atoms with Crippen molar-refractivity contribution in [1.82, 2.24) is 9.97 Å². The molecule has 0 aliphatic rings. The molecule has 2 rings (SSSR count). The maximum absolute atomic E-state index is 10.6. The Morgan fingerprint density at radius 2 is 2.21 bits per heavy atom. The Hall–Kier alpha value is -1.75. The third-order valence-corrected chi connectivity index (χ3v) is 2.73. The number of hydrogen-bond donors (Lipinski definition) is 1. The molecule has 5 heteroatoms. The molecule has 0 radical (unpaired) electrons. The molecule has 0 spiro atoms. The predicted molar refractivity (Wildman–Crippen MR) is 52.3 cm³/mol. The smallest absolute Gasteiger partial charge is 0.345 e. The van der Waals surface area contributed by atoms with Crippen molar-refractivity contribution in [2.24, 2.45) is 0 Å². The first-order valence-electron chi connectivity index (χ1n) is 3.87. The molecule has 2 heterocycles. The molecule has 4 nitrogen and oxygen atoms in total. The molecule has 70 valence electrons. The first-order chi connectivity index (χ1) is 6.77. The lowest BCUT2D eigenvalue weighted by atomic mass is 10.3. The van der Waals surface area contributed by atoms with E-state index in [4.69, 9.17) is 5.11 Å². The molecular weight excluding hydrogens is 200 g/mol. The summed E-state index contributed by atoms with van der Waals surface area (Å²) in [4.78, 5) is 19.7. The van der Waals surface area contributed by atoms with E-state index in [9.17, 15) is 4.79 Å². The van der Waals surface area contributed by atoms with Crippen molar-refractivity contribution in [3.05, 3.63) is 35.6 Å². The van der Waals surface area contributed by atoms with Crippen LogP contribution in [0.2, 0.25) is 0 Å². The Morgan fingerprint density at radius 1 is 1.36 bits per heavy atom. The monoisotopic (exact) mass is 206 g/mol. The Morgan fingerprint density at radius 3 is 2.79 bits per heavy atom. The average Bonchev–Trinajstić information content (AvgIpc) is 2.68. The van der Waals surface area contributed by atoms with Crippen molar-refractivity contribution in [2.75, 3.05) is 0 Å². The summed E-state index contributed by atoms with van der Waals surface area (Å²) in [5.74, 6) is -0.912. The van der Waals surface area contributed by atoms with Crippen LogP contribution in [0.3, 0.4) is 0 Å². The second kappa shape index (κ2) is 3.55. The highest BCUT2D eigenvalue weighted by Crippen LogP contribution is 2.25. The van der Waals surface area contributed by atoms with Crippen LogP contribution in [-0.2, 0) is 0 Å². The number of hydrogen-bond acceptors (Lipinski definition) is 4. The van der Waals surface area contributed by atoms with Crippen LogP contribution in [-0.4, -0.2) is 21.0 Å². The van der Waals surface area contributed by atoms with Crippen LogP contribution in [0.1, 0.15) is 9.67 Å². The normalized spacial score (nSPS) is 10.0. The molecule has 0 aliphatic heterocycles. The molecule has 0 aliphatic carbocycles. The van der Waals surface area contributed by atoms with Crippen LogP contribution in [0, 0.1) is 0 Å². The van der Waals surface area contributed by atoms with Gasteiger partial charge in [-0.25, -0.2) is 4.79 Å². The summed E-state index contributed by atoms with van der Waals surface area (Å²) in [6, 6.07) is 3.30. The van der Waals surface area contributed by atoms with Crippen molar-refractivity contribution < 1.29 is 9.90 Å². The van der Waals surface area contributed by atoms with E-state index >= 15 is 0 Å². The van der Waals surface area contributed by atoms with Gasteiger partial charge in [0, 0.05) is 12.4 Å². The van der Waals surface area contributed by atoms with Gasteiger partial charge < -0.3 is 5.11 Å². The van der Waals surface area contributed by atoms with Crippen molar-refractivity contribution in [1.29, 1.82) is 0 Å². The van der Waals surface area contributed by atoms with E-state index in [1.807, 2.05) is 0 Å². The minimum atomic E-state index is -0.912. The molecule has 0 saturated heterocycles. The minimum absolute atomic E-state index is 0.311. The first kappa shape index (κ1) is 8.83. The molecule has 0 atom stereocenters. The molecule has 14 heavy (non-hydrogen) atoms. The van der Waals surface area contributed by atoms with E-state index in [1.165, 1.54) is 11.3 Å². The largest absolute Gasteiger partial charge is 0.477 e. The van der Waals surface area contributed by atoms with E-state index in [0.717, 1.165) is 4.88 Å². The summed E-state index contributed by atoms with van der Waals surface area (Å²) in [5.41, 5.74) is 0.699. The van der Waals surface area contributed by atoms with E-state index < -0.39 is 5.97 Å². The molecule has 2 aromatic heterocycles. The van der Waals surface area contributed by atoms with Crippen molar-refractivity contribution in [3.8, 4) is 10.6 Å². The van der Waals surface area contributed by atoms with Crippen LogP contribution >= 0.6 is 11.3 Å². The highest BCUT2D eigenvalue weighted by Gasteiger charge is 2.08. The Bertz CT molecular complexity index is 453. The molecular formula is C9H6N2O2S. The van der Waals surface area contributed by atoms with Gasteiger partial charge in [0.2, 0.25) is 0 Å². The van der Waals surface area contributed by atoms with Gasteiger partial charge in [-0.3, -0.25) is 9.97 Å². The molecule has 2 aromatic rings. The zero-order chi connectivity index (χ0) is 9.97. The maximum Gasteiger partial charge on any atom is 0.345 e. The number of aromatic nitrogens is 2. The summed E-state index contributed by atoms with van der Waals surface area (Å²) in [6.07, 6.45) is 4.77. The first-order valence-corrected chi connectivity index (χ1v) is 4.68. The van der Waals surface area contributed by atoms with Crippen LogP contribution in [0.25, 0.3) is 10.6 Å². The van der Waals surface area contributed by atoms with Gasteiger partial charge in [-0.1, -0.05) is 0 Å². The lowest BCUT2D eigenvalue weighted by Crippen LogP contribution is -1.89. The Labute approximate surface area is 83.9 Å². The molecule has 0 fully saturated rings. The number of carbonyl (C=O) groups is 1. The van der Waals surface area contributed by atoms with Crippen molar-refractivity contribution in [2.45, 2.75) is 0 Å². The summed E-state index contributed by atoms with van der Waals surface area (Å²) < 4.78 is 0. The Balaban J connectivity index is 2.39. The lowest BCUT2D eigenvalue weighted by molar-refractivity contribution is 0.0702. The number of carboxylic acid groups (broad SMARTS) is 1. The highest BCUT2D eigenvalue weighted by atomic mass is 32.1. The van der Waals surface area contributed by atoms with E-state index in [0.29, 0.717) is 10.6 Å². The van der Waals surface area contributed by atoms with Gasteiger partial charge >= 0.3 is 5.97 Å². The SMILES string of the molecule is O=C(O)c1ccc(-c2cnccn2)s1. The number of nitrogens with zero attached hydrogens (tertiary/aromatic N) is 2. The van der Waals surface area contributed by atoms with E-state index in [2.05, 4.69) is 9.97 Å². The fraction of sp³-hybridized carbons (Fsp3) is 0. The van der Waals surface area contributed by atoms with Crippen LogP contribution in [0.4, 0.5) is 0 Å². The molecule has 0 unspecified atom stereocenters. The summed E-state index contributed by atoms with van der Waals surface area (Å²) >= 11 is 1.19. The standard InChI is InChI=1S/C9H6N2O2S/c12-9(13)8-2-1-7(14-8)6-5-10-3-4-11-6/h1-5H,(H,12,13). The van der Waals surface area contributed by atoms with Gasteiger partial charge in [0.15, 0.2) is 0 Å². The summed E-state index contributed by atoms with van der Waals surface area (Å²) in [6.45, 7) is 0. The second-order valence-corrected chi connectivity index (χ2v) is 3.64. The predicted octanol–water partition coefficient (Wildman–Crippen LogP) is 1.90. The Kier molecular flexibility index (Phi) is 2.24. The van der Waals surface area contributed by atoms with Crippen LogP contribution in [0.15, 0.2) is 30.7 Å². The highest BCUT2D eigenvalue weighted by molar-refractivity contribution is 7.17. The summed E-state index contributed by atoms with van der Waals surface area (Å²) in [7, 11) is 0. The quantitative estimate of drug-likeness (QED) is 0.815. The van der Waals surface area contributed by atoms with Gasteiger partial charge in [0.1, 0.15) is 4.88 Å². The van der Waals surface area contributed by atoms with E-state index in [-0.39, 0.29) is 0 Å². The van der Waals surface area contributed by atoms with Crippen LogP contribution in [0.5, 0.6) is 0 Å². The molecule has 0 bridgehead atoms. The third kappa shape index (κ3) is 1.62. The van der Waals surface area contributed by atoms with Crippen LogP contribution < -0.4 is 0 Å². The fourth-order valence-corrected chi connectivity index (χ4v) is 1.82. The third-order valence-electron chi connectivity index (χ3n) is 1.63.